The van der Waals surface area contributed by atoms with Gasteiger partial charge in [-0.2, -0.15) is 0 Å². The highest BCUT2D eigenvalue weighted by molar-refractivity contribution is 6.73. The van der Waals surface area contributed by atoms with E-state index in [2.05, 4.69) is 0 Å². The van der Waals surface area contributed by atoms with Crippen LogP contribution in [0.1, 0.15) is 12.8 Å². The summed E-state index contributed by atoms with van der Waals surface area (Å²) in [5, 5.41) is 0. The fourth-order valence-corrected chi connectivity index (χ4v) is 10.1. The molecule has 0 spiro atoms. The van der Waals surface area contributed by atoms with Gasteiger partial charge in [0.05, 0.1) is 26.4 Å². The average molecular weight is 439 g/mol. The molecule has 10 heteroatoms. The van der Waals surface area contributed by atoms with Crippen LogP contribution in [0.25, 0.3) is 0 Å². The van der Waals surface area contributed by atoms with Gasteiger partial charge in [0.15, 0.2) is 0 Å². The third-order valence-electron chi connectivity index (χ3n) is 5.48. The van der Waals surface area contributed by atoms with Crippen LogP contribution >= 0.6 is 0 Å². The quantitative estimate of drug-likeness (QED) is 0.172. The van der Waals surface area contributed by atoms with Gasteiger partial charge in [-0.05, 0) is 37.0 Å². The summed E-state index contributed by atoms with van der Waals surface area (Å²) in [4.78, 5) is 0. The van der Waals surface area contributed by atoms with E-state index < -0.39 is 17.1 Å². The number of epoxide rings is 2. The van der Waals surface area contributed by atoms with Gasteiger partial charge >= 0.3 is 17.1 Å². The molecular weight excluding hydrogens is 400 g/mol. The topological polar surface area (TPSA) is 80.4 Å². The second-order valence-corrected chi connectivity index (χ2v) is 14.7. The monoisotopic (exact) mass is 438 g/mol. The molecule has 0 saturated carbocycles. The van der Waals surface area contributed by atoms with E-state index in [4.69, 9.17) is 36.7 Å². The van der Waals surface area contributed by atoms with Crippen molar-refractivity contribution in [1.82, 2.24) is 0 Å². The molecule has 28 heavy (non-hydrogen) atoms. The number of hydrogen-bond donors (Lipinski definition) is 0. The maximum absolute atomic E-state index is 5.90. The van der Waals surface area contributed by atoms with Gasteiger partial charge in [0, 0.05) is 41.7 Å². The maximum Gasteiger partial charge on any atom is 0.337 e. The predicted molar refractivity (Wildman–Crippen MR) is 109 cm³/mol. The molecule has 2 saturated heterocycles. The minimum atomic E-state index is -2.29. The summed E-state index contributed by atoms with van der Waals surface area (Å²) in [6.45, 7) is 4.45. The molecule has 0 N–H and O–H groups in total. The van der Waals surface area contributed by atoms with Crippen LogP contribution in [-0.2, 0) is 36.7 Å². The molecule has 0 amide bonds. The molecule has 2 rings (SSSR count). The lowest BCUT2D eigenvalue weighted by molar-refractivity contribution is 0.114. The first-order chi connectivity index (χ1) is 13.6. The van der Waals surface area contributed by atoms with Crippen molar-refractivity contribution < 1.29 is 36.7 Å². The maximum atomic E-state index is 5.90. The highest BCUT2D eigenvalue weighted by Crippen LogP contribution is 2.29. The molecule has 0 aliphatic carbocycles. The lowest BCUT2D eigenvalue weighted by atomic mass is 10.5. The molecule has 0 aromatic rings. The van der Waals surface area contributed by atoms with Crippen LogP contribution in [0.5, 0.6) is 0 Å². The highest BCUT2D eigenvalue weighted by atomic mass is 28.4. The second-order valence-electron chi connectivity index (χ2n) is 7.41. The molecule has 2 fully saturated rings. The molecule has 166 valence electrons. The van der Waals surface area contributed by atoms with Crippen LogP contribution in [0.15, 0.2) is 0 Å². The molecule has 0 aromatic carbocycles. The molecule has 2 aliphatic heterocycles. The molecule has 0 radical (unpaired) electrons. The van der Waals surface area contributed by atoms with Gasteiger partial charge in [-0.25, -0.2) is 0 Å². The molecule has 0 bridgehead atoms. The SMILES string of the molecule is CO[Si](CCCOCC1CO1)(CC[Si](CCCOCC1CO1)(OC)OC)OC. The Morgan fingerprint density at radius 1 is 0.643 bits per heavy atom. The zero-order valence-electron chi connectivity index (χ0n) is 17.9. The summed E-state index contributed by atoms with van der Waals surface area (Å²) >= 11 is 0. The molecule has 2 unspecified atom stereocenters. The summed E-state index contributed by atoms with van der Waals surface area (Å²) in [6, 6.07) is 3.51. The van der Waals surface area contributed by atoms with Crippen LogP contribution < -0.4 is 0 Å². The highest BCUT2D eigenvalue weighted by Gasteiger charge is 2.42. The Morgan fingerprint density at radius 3 is 1.29 bits per heavy atom. The minimum absolute atomic E-state index is 0.308. The predicted octanol–water partition coefficient (Wildman–Crippen LogP) is 2.07. The van der Waals surface area contributed by atoms with E-state index in [-0.39, 0.29) is 0 Å². The summed E-state index contributed by atoms with van der Waals surface area (Å²) in [5.74, 6) is 0. The Hall–Kier alpha value is 0.114. The minimum Gasteiger partial charge on any atom is -0.398 e. The molecule has 2 atom stereocenters. The summed E-state index contributed by atoms with van der Waals surface area (Å²) in [5.41, 5.74) is 0. The normalized spacial score (nSPS) is 21.9. The van der Waals surface area contributed by atoms with Crippen LogP contribution in [0.4, 0.5) is 0 Å². The number of hydrogen-bond acceptors (Lipinski definition) is 8. The first-order valence-corrected chi connectivity index (χ1v) is 14.7. The second kappa shape index (κ2) is 12.7. The molecule has 2 aliphatic rings. The van der Waals surface area contributed by atoms with Crippen molar-refractivity contribution in [3.63, 3.8) is 0 Å². The molecular formula is C18H38O8Si2. The van der Waals surface area contributed by atoms with E-state index in [0.29, 0.717) is 38.6 Å². The zero-order valence-corrected chi connectivity index (χ0v) is 19.9. The van der Waals surface area contributed by atoms with E-state index in [1.807, 2.05) is 0 Å². The van der Waals surface area contributed by atoms with E-state index in [1.165, 1.54) is 0 Å². The van der Waals surface area contributed by atoms with Crippen molar-refractivity contribution in [2.24, 2.45) is 0 Å². The van der Waals surface area contributed by atoms with Crippen molar-refractivity contribution >= 4 is 17.1 Å². The lowest BCUT2D eigenvalue weighted by Crippen LogP contribution is -2.46. The standard InChI is InChI=1S/C18H38O8Si2/c1-19-27(20-2,9-5-7-23-13-17-15-25-17)11-12-28(21-3,22-4)10-6-8-24-14-18-16-26-18/h17-18H,5-16H2,1-4H3. The zero-order chi connectivity index (χ0) is 20.3. The summed E-state index contributed by atoms with van der Waals surface area (Å²) in [6.07, 6.45) is 2.46. The fraction of sp³-hybridized carbons (Fsp3) is 1.00. The van der Waals surface area contributed by atoms with Crippen molar-refractivity contribution in [3.8, 4) is 0 Å². The van der Waals surface area contributed by atoms with Gasteiger partial charge in [-0.15, -0.1) is 0 Å². The van der Waals surface area contributed by atoms with Gasteiger partial charge in [-0.1, -0.05) is 0 Å². The first-order valence-electron chi connectivity index (χ1n) is 10.2. The van der Waals surface area contributed by atoms with E-state index in [1.54, 1.807) is 28.4 Å². The third-order valence-corrected chi connectivity index (χ3v) is 13.2. The van der Waals surface area contributed by atoms with Crippen LogP contribution in [0.3, 0.4) is 0 Å². The molecule has 2 heterocycles. The van der Waals surface area contributed by atoms with E-state index in [0.717, 1.165) is 50.2 Å². The van der Waals surface area contributed by atoms with Crippen molar-refractivity contribution in [2.75, 3.05) is 68.1 Å². The van der Waals surface area contributed by atoms with Gasteiger partial charge in [0.2, 0.25) is 0 Å². The van der Waals surface area contributed by atoms with Gasteiger partial charge < -0.3 is 36.7 Å². The van der Waals surface area contributed by atoms with Gasteiger partial charge in [0.1, 0.15) is 12.2 Å². The average Bonchev–Trinajstić information content (AvgIpc) is 3.64. The van der Waals surface area contributed by atoms with Crippen LogP contribution in [-0.4, -0.2) is 97.4 Å². The number of rotatable bonds is 19. The Morgan fingerprint density at radius 2 is 1.00 bits per heavy atom. The van der Waals surface area contributed by atoms with Crippen molar-refractivity contribution in [2.45, 2.75) is 49.2 Å². The Labute approximate surface area is 171 Å². The Balaban J connectivity index is 1.71. The molecule has 8 nitrogen and oxygen atoms in total. The molecule has 0 aromatic heterocycles. The van der Waals surface area contributed by atoms with Gasteiger partial charge in [-0.3, -0.25) is 0 Å². The van der Waals surface area contributed by atoms with Crippen molar-refractivity contribution in [1.29, 1.82) is 0 Å². The van der Waals surface area contributed by atoms with Crippen molar-refractivity contribution in [3.05, 3.63) is 0 Å². The lowest BCUT2D eigenvalue weighted by Gasteiger charge is -2.33. The number of ether oxygens (including phenoxy) is 4. The smallest absolute Gasteiger partial charge is 0.337 e. The van der Waals surface area contributed by atoms with Crippen LogP contribution in [0.2, 0.25) is 24.2 Å². The van der Waals surface area contributed by atoms with Crippen LogP contribution in [0, 0.1) is 0 Å². The van der Waals surface area contributed by atoms with E-state index in [9.17, 15) is 0 Å². The summed E-state index contributed by atoms with van der Waals surface area (Å²) in [7, 11) is 2.44. The largest absolute Gasteiger partial charge is 0.398 e. The third kappa shape index (κ3) is 8.86. The summed E-state index contributed by atoms with van der Waals surface area (Å²) < 4.78 is 45.2. The van der Waals surface area contributed by atoms with E-state index >= 15 is 0 Å². The Kier molecular flexibility index (Phi) is 11.1. The first kappa shape index (κ1) is 24.4. The van der Waals surface area contributed by atoms with Gasteiger partial charge in [0.25, 0.3) is 0 Å². The Bertz CT molecular complexity index is 374. The fourth-order valence-electron chi connectivity index (χ4n) is 3.26.